The number of H-pyrrole nitrogens is 1. The van der Waals surface area contributed by atoms with Gasteiger partial charge in [-0.05, 0) is 29.8 Å². The minimum absolute atomic E-state index is 0.0266. The average Bonchev–Trinajstić information content (AvgIpc) is 3.17. The zero-order valence-corrected chi connectivity index (χ0v) is 17.4. The third-order valence-electron chi connectivity index (χ3n) is 4.74. The van der Waals surface area contributed by atoms with Gasteiger partial charge in [0.1, 0.15) is 17.4 Å². The molecule has 0 radical (unpaired) electrons. The molecule has 0 bridgehead atoms. The summed E-state index contributed by atoms with van der Waals surface area (Å²) in [5.41, 5.74) is 14.1. The van der Waals surface area contributed by atoms with Crippen LogP contribution in [0.1, 0.15) is 17.0 Å². The highest BCUT2D eigenvalue weighted by molar-refractivity contribution is 6.42. The molecule has 8 nitrogen and oxygen atoms in total. The lowest BCUT2D eigenvalue weighted by molar-refractivity contribution is -0.119. The number of nitriles is 1. The lowest BCUT2D eigenvalue weighted by atomic mass is 9.83. The molecule has 10 heteroatoms. The number of carbonyl (C=O) groups excluding carboxylic acids is 1. The van der Waals surface area contributed by atoms with E-state index in [-0.39, 0.29) is 23.9 Å². The average molecular weight is 456 g/mol. The van der Waals surface area contributed by atoms with E-state index in [9.17, 15) is 10.1 Å². The highest BCUT2D eigenvalue weighted by Gasteiger charge is 2.35. The number of fused-ring (bicyclic) bond motifs is 1. The number of hydrogen-bond acceptors (Lipinski definition) is 6. The van der Waals surface area contributed by atoms with Crippen molar-refractivity contribution in [2.24, 2.45) is 11.5 Å². The molecule has 156 valence electrons. The molecule has 1 aliphatic heterocycles. The number of amides is 1. The number of benzene rings is 2. The summed E-state index contributed by atoms with van der Waals surface area (Å²) in [7, 11) is 0. The van der Waals surface area contributed by atoms with Gasteiger partial charge in [-0.1, -0.05) is 41.4 Å². The summed E-state index contributed by atoms with van der Waals surface area (Å²) in [6.45, 7) is -0.236. The van der Waals surface area contributed by atoms with Gasteiger partial charge >= 0.3 is 0 Å². The molecular weight excluding hydrogens is 441 g/mol. The number of aromatic nitrogens is 2. The van der Waals surface area contributed by atoms with Gasteiger partial charge in [-0.25, -0.2) is 0 Å². The van der Waals surface area contributed by atoms with Crippen LogP contribution in [0, 0.1) is 11.3 Å². The molecule has 1 amide bonds. The predicted octanol–water partition coefficient (Wildman–Crippen LogP) is 3.47. The number of nitrogens with zero attached hydrogens (tertiary/aromatic N) is 2. The summed E-state index contributed by atoms with van der Waals surface area (Å²) in [6, 6.07) is 14.2. The molecule has 0 aliphatic carbocycles. The number of primary amides is 1. The van der Waals surface area contributed by atoms with Crippen LogP contribution in [0.5, 0.6) is 11.6 Å². The minimum atomic E-state index is -0.578. The SMILES string of the molecule is N#CC1=C(N)Oc2n[nH]c(-c3ccc(Cl)c(Cl)c3)c2C1c1ccc(OCC(N)=O)cc1. The standard InChI is InChI=1S/C21H15Cl2N5O3/c22-14-6-3-11(7-15(14)23)19-18-17(13(8-24)20(26)31-21(18)28-27-19)10-1-4-12(5-2-10)30-9-16(25)29/h1-7,17H,9,26H2,(H2,25,29)(H,27,28). The molecule has 31 heavy (non-hydrogen) atoms. The van der Waals surface area contributed by atoms with Crippen molar-refractivity contribution in [3.05, 3.63) is 75.1 Å². The fourth-order valence-electron chi connectivity index (χ4n) is 3.36. The third kappa shape index (κ3) is 3.89. The number of allylic oxidation sites excluding steroid dienone is 1. The van der Waals surface area contributed by atoms with Crippen molar-refractivity contribution in [1.82, 2.24) is 10.2 Å². The summed E-state index contributed by atoms with van der Waals surface area (Å²) in [4.78, 5) is 10.9. The van der Waals surface area contributed by atoms with Crippen molar-refractivity contribution in [1.29, 1.82) is 5.26 Å². The summed E-state index contributed by atoms with van der Waals surface area (Å²) < 4.78 is 10.9. The number of nitrogens with one attached hydrogen (secondary N) is 1. The summed E-state index contributed by atoms with van der Waals surface area (Å²) in [5.74, 6) is -0.438. The van der Waals surface area contributed by atoms with Gasteiger partial charge in [-0.15, -0.1) is 5.10 Å². The highest BCUT2D eigenvalue weighted by atomic mass is 35.5. The van der Waals surface area contributed by atoms with E-state index < -0.39 is 11.8 Å². The molecule has 1 atom stereocenters. The molecule has 5 N–H and O–H groups in total. The first-order valence-corrected chi connectivity index (χ1v) is 9.77. The molecule has 0 saturated carbocycles. The van der Waals surface area contributed by atoms with E-state index in [1.165, 1.54) is 0 Å². The molecule has 4 rings (SSSR count). The molecule has 0 saturated heterocycles. The molecule has 1 aliphatic rings. The van der Waals surface area contributed by atoms with Crippen LogP contribution in [0.2, 0.25) is 10.0 Å². The molecule has 1 unspecified atom stereocenters. The maximum absolute atomic E-state index is 10.9. The molecular formula is C21H15Cl2N5O3. The summed E-state index contributed by atoms with van der Waals surface area (Å²) >= 11 is 12.2. The van der Waals surface area contributed by atoms with Gasteiger partial charge in [-0.3, -0.25) is 9.89 Å². The van der Waals surface area contributed by atoms with Crippen LogP contribution in [-0.4, -0.2) is 22.7 Å². The second kappa shape index (κ2) is 8.22. The number of ether oxygens (including phenoxy) is 2. The van der Waals surface area contributed by atoms with E-state index in [1.807, 2.05) is 0 Å². The Balaban J connectivity index is 1.81. The van der Waals surface area contributed by atoms with Crippen molar-refractivity contribution in [3.63, 3.8) is 0 Å². The molecule has 3 aromatic rings. The minimum Gasteiger partial charge on any atom is -0.484 e. The van der Waals surface area contributed by atoms with Gasteiger partial charge < -0.3 is 20.9 Å². The fraction of sp³-hybridized carbons (Fsp3) is 0.0952. The second-order valence-electron chi connectivity index (χ2n) is 6.70. The van der Waals surface area contributed by atoms with E-state index in [4.69, 9.17) is 44.1 Å². The normalized spacial score (nSPS) is 15.1. The van der Waals surface area contributed by atoms with E-state index >= 15 is 0 Å². The van der Waals surface area contributed by atoms with Gasteiger partial charge in [0.05, 0.1) is 27.2 Å². The fourth-order valence-corrected chi connectivity index (χ4v) is 3.66. The number of carbonyl (C=O) groups is 1. The van der Waals surface area contributed by atoms with Gasteiger partial charge in [0.15, 0.2) is 6.61 Å². The largest absolute Gasteiger partial charge is 0.484 e. The van der Waals surface area contributed by atoms with Gasteiger partial charge in [0.2, 0.25) is 11.8 Å². The van der Waals surface area contributed by atoms with Crippen LogP contribution < -0.4 is 20.9 Å². The Morgan fingerprint density at radius 2 is 1.97 bits per heavy atom. The maximum atomic E-state index is 10.9. The zero-order chi connectivity index (χ0) is 22.1. The first-order valence-electron chi connectivity index (χ1n) is 9.01. The van der Waals surface area contributed by atoms with E-state index in [2.05, 4.69) is 16.3 Å². The number of halogens is 2. The number of aromatic amines is 1. The van der Waals surface area contributed by atoms with E-state index in [0.717, 1.165) is 11.1 Å². The van der Waals surface area contributed by atoms with Crippen molar-refractivity contribution in [2.45, 2.75) is 5.92 Å². The Bertz CT molecular complexity index is 1240. The highest BCUT2D eigenvalue weighted by Crippen LogP contribution is 2.46. The third-order valence-corrected chi connectivity index (χ3v) is 5.48. The monoisotopic (exact) mass is 455 g/mol. The van der Waals surface area contributed by atoms with E-state index in [1.54, 1.807) is 42.5 Å². The predicted molar refractivity (Wildman–Crippen MR) is 114 cm³/mol. The molecule has 0 spiro atoms. The number of rotatable bonds is 5. The summed E-state index contributed by atoms with van der Waals surface area (Å²) in [6.07, 6.45) is 0. The van der Waals surface area contributed by atoms with Crippen molar-refractivity contribution in [3.8, 4) is 29.0 Å². The number of hydrogen-bond donors (Lipinski definition) is 3. The Morgan fingerprint density at radius 3 is 2.61 bits per heavy atom. The van der Waals surface area contributed by atoms with Crippen LogP contribution in [0.4, 0.5) is 0 Å². The lowest BCUT2D eigenvalue weighted by Crippen LogP contribution is -2.21. The zero-order valence-electron chi connectivity index (χ0n) is 15.9. The Kier molecular flexibility index (Phi) is 5.46. The van der Waals surface area contributed by atoms with Crippen LogP contribution in [0.3, 0.4) is 0 Å². The van der Waals surface area contributed by atoms with Crippen LogP contribution in [0.15, 0.2) is 53.9 Å². The second-order valence-corrected chi connectivity index (χ2v) is 7.51. The Morgan fingerprint density at radius 1 is 1.23 bits per heavy atom. The smallest absolute Gasteiger partial charge is 0.255 e. The maximum Gasteiger partial charge on any atom is 0.255 e. The Labute approximate surface area is 187 Å². The van der Waals surface area contributed by atoms with Crippen molar-refractivity contribution < 1.29 is 14.3 Å². The van der Waals surface area contributed by atoms with Crippen LogP contribution in [0.25, 0.3) is 11.3 Å². The van der Waals surface area contributed by atoms with Crippen LogP contribution in [-0.2, 0) is 4.79 Å². The number of nitrogens with two attached hydrogens (primary N) is 2. The molecule has 2 aromatic carbocycles. The van der Waals surface area contributed by atoms with Gasteiger partial charge in [0, 0.05) is 5.56 Å². The molecule has 0 fully saturated rings. The van der Waals surface area contributed by atoms with Gasteiger partial charge in [-0.2, -0.15) is 5.26 Å². The lowest BCUT2D eigenvalue weighted by Gasteiger charge is -2.24. The quantitative estimate of drug-likeness (QED) is 0.537. The van der Waals surface area contributed by atoms with Crippen molar-refractivity contribution >= 4 is 29.1 Å². The van der Waals surface area contributed by atoms with E-state index in [0.29, 0.717) is 27.1 Å². The molecule has 1 aromatic heterocycles. The summed E-state index contributed by atoms with van der Waals surface area (Å²) in [5, 5.41) is 17.7. The Hall–Kier alpha value is -3.67. The first-order chi connectivity index (χ1) is 14.9. The first kappa shape index (κ1) is 20.6. The van der Waals surface area contributed by atoms with Crippen molar-refractivity contribution in [2.75, 3.05) is 6.61 Å². The van der Waals surface area contributed by atoms with Gasteiger partial charge in [0.25, 0.3) is 5.91 Å². The topological polar surface area (TPSA) is 140 Å². The molecule has 2 heterocycles. The van der Waals surface area contributed by atoms with Crippen LogP contribution >= 0.6 is 23.2 Å².